The first kappa shape index (κ1) is 19.5. The monoisotopic (exact) mass is 377 g/mol. The normalized spacial score (nSPS) is 10.9. The molecule has 0 unspecified atom stereocenters. The minimum atomic E-state index is -3.31. The lowest BCUT2D eigenvalue weighted by atomic mass is 10.1. The summed E-state index contributed by atoms with van der Waals surface area (Å²) >= 11 is 0. The summed E-state index contributed by atoms with van der Waals surface area (Å²) in [5.74, 6) is -0.518. The zero-order valence-electron chi connectivity index (χ0n) is 14.6. The molecule has 0 aromatic heterocycles. The van der Waals surface area contributed by atoms with E-state index in [4.69, 9.17) is 9.47 Å². The Balaban J connectivity index is 2.11. The number of sulfone groups is 1. The van der Waals surface area contributed by atoms with E-state index in [2.05, 4.69) is 5.32 Å². The van der Waals surface area contributed by atoms with Gasteiger partial charge in [-0.2, -0.15) is 0 Å². The minimum absolute atomic E-state index is 0.145. The molecule has 26 heavy (non-hydrogen) atoms. The van der Waals surface area contributed by atoms with Crippen molar-refractivity contribution >= 4 is 21.7 Å². The van der Waals surface area contributed by atoms with Crippen LogP contribution >= 0.6 is 0 Å². The molecular formula is C18H19NO6S. The van der Waals surface area contributed by atoms with Crippen LogP contribution < -0.4 is 10.1 Å². The first-order valence-corrected chi connectivity index (χ1v) is 9.49. The first-order chi connectivity index (χ1) is 12.3. The number of carbonyl (C=O) groups excluding carboxylic acids is 2. The summed E-state index contributed by atoms with van der Waals surface area (Å²) < 4.78 is 32.7. The molecule has 0 heterocycles. The van der Waals surface area contributed by atoms with Gasteiger partial charge in [-0.25, -0.2) is 13.2 Å². The Bertz CT molecular complexity index is 919. The molecule has 138 valence electrons. The van der Waals surface area contributed by atoms with Crippen molar-refractivity contribution in [2.45, 2.75) is 11.4 Å². The summed E-state index contributed by atoms with van der Waals surface area (Å²) in [4.78, 5) is 24.1. The SMILES string of the molecule is COC(=O)c1cc(CNC(=O)c2ccc(S(C)(=O)=O)cc2)ccc1OC. The molecule has 7 nitrogen and oxygen atoms in total. The van der Waals surface area contributed by atoms with Crippen LogP contribution in [0.3, 0.4) is 0 Å². The van der Waals surface area contributed by atoms with Crippen LogP contribution in [0.15, 0.2) is 47.4 Å². The van der Waals surface area contributed by atoms with Gasteiger partial charge >= 0.3 is 5.97 Å². The van der Waals surface area contributed by atoms with Crippen molar-refractivity contribution < 1.29 is 27.5 Å². The number of esters is 1. The molecule has 2 aromatic rings. The number of carbonyl (C=O) groups is 2. The topological polar surface area (TPSA) is 98.8 Å². The van der Waals surface area contributed by atoms with E-state index in [1.54, 1.807) is 18.2 Å². The van der Waals surface area contributed by atoms with E-state index in [1.165, 1.54) is 38.5 Å². The first-order valence-electron chi connectivity index (χ1n) is 7.60. The lowest BCUT2D eigenvalue weighted by Gasteiger charge is -2.10. The number of hydrogen-bond donors (Lipinski definition) is 1. The van der Waals surface area contributed by atoms with Crippen molar-refractivity contribution in [2.24, 2.45) is 0 Å². The fraction of sp³-hybridized carbons (Fsp3) is 0.222. The smallest absolute Gasteiger partial charge is 0.341 e. The third-order valence-electron chi connectivity index (χ3n) is 3.67. The predicted molar refractivity (Wildman–Crippen MR) is 95.1 cm³/mol. The highest BCUT2D eigenvalue weighted by molar-refractivity contribution is 7.90. The van der Waals surface area contributed by atoms with Gasteiger partial charge in [0.05, 0.1) is 19.1 Å². The van der Waals surface area contributed by atoms with E-state index in [-0.39, 0.29) is 22.9 Å². The second-order valence-corrected chi connectivity index (χ2v) is 7.52. The zero-order chi connectivity index (χ0) is 19.3. The zero-order valence-corrected chi connectivity index (χ0v) is 15.4. The molecule has 0 atom stereocenters. The molecule has 0 aliphatic heterocycles. The number of nitrogens with one attached hydrogen (secondary N) is 1. The predicted octanol–water partition coefficient (Wildman–Crippen LogP) is 1.82. The number of rotatable bonds is 6. The fourth-order valence-electron chi connectivity index (χ4n) is 2.27. The van der Waals surface area contributed by atoms with Crippen molar-refractivity contribution in [3.05, 3.63) is 59.2 Å². The maximum Gasteiger partial charge on any atom is 0.341 e. The molecule has 0 fully saturated rings. The van der Waals surface area contributed by atoms with E-state index in [0.717, 1.165) is 6.26 Å². The molecule has 0 saturated heterocycles. The van der Waals surface area contributed by atoms with Crippen LogP contribution in [-0.4, -0.2) is 40.8 Å². The molecule has 0 aliphatic carbocycles. The van der Waals surface area contributed by atoms with Crippen LogP contribution in [0.5, 0.6) is 5.75 Å². The van der Waals surface area contributed by atoms with Crippen LogP contribution in [0.4, 0.5) is 0 Å². The molecule has 1 amide bonds. The third-order valence-corrected chi connectivity index (χ3v) is 4.80. The van der Waals surface area contributed by atoms with Gasteiger partial charge in [0.25, 0.3) is 5.91 Å². The molecule has 0 bridgehead atoms. The Morgan fingerprint density at radius 2 is 1.69 bits per heavy atom. The van der Waals surface area contributed by atoms with Gasteiger partial charge in [-0.1, -0.05) is 6.07 Å². The summed E-state index contributed by atoms with van der Waals surface area (Å²) in [6, 6.07) is 10.6. The average molecular weight is 377 g/mol. The molecule has 0 saturated carbocycles. The lowest BCUT2D eigenvalue weighted by molar-refractivity contribution is 0.0597. The third kappa shape index (κ3) is 4.60. The van der Waals surface area contributed by atoms with Gasteiger partial charge < -0.3 is 14.8 Å². The molecule has 0 spiro atoms. The van der Waals surface area contributed by atoms with E-state index < -0.39 is 15.8 Å². The summed E-state index contributed by atoms with van der Waals surface area (Å²) in [6.07, 6.45) is 1.10. The maximum absolute atomic E-state index is 12.2. The van der Waals surface area contributed by atoms with Crippen molar-refractivity contribution in [2.75, 3.05) is 20.5 Å². The van der Waals surface area contributed by atoms with Crippen LogP contribution in [0.1, 0.15) is 26.3 Å². The van der Waals surface area contributed by atoms with Crippen LogP contribution in [0, 0.1) is 0 Å². The van der Waals surface area contributed by atoms with E-state index >= 15 is 0 Å². The second kappa shape index (κ2) is 8.01. The summed E-state index contributed by atoms with van der Waals surface area (Å²) in [6.45, 7) is 0.181. The standard InChI is InChI=1S/C18H19NO6S/c1-24-16-9-4-12(10-15(16)18(21)25-2)11-19-17(20)13-5-7-14(8-6-13)26(3,22)23/h4-10H,11H2,1-3H3,(H,19,20). The van der Waals surface area contributed by atoms with Gasteiger partial charge in [-0.3, -0.25) is 4.79 Å². The minimum Gasteiger partial charge on any atom is -0.496 e. The summed E-state index contributed by atoms with van der Waals surface area (Å²) in [5.41, 5.74) is 1.28. The lowest BCUT2D eigenvalue weighted by Crippen LogP contribution is -2.23. The average Bonchev–Trinajstić information content (AvgIpc) is 2.64. The summed E-state index contributed by atoms with van der Waals surface area (Å²) in [5, 5.41) is 2.71. The van der Waals surface area contributed by atoms with Gasteiger partial charge in [0.15, 0.2) is 9.84 Å². The van der Waals surface area contributed by atoms with Crippen LogP contribution in [0.25, 0.3) is 0 Å². The molecule has 0 aliphatic rings. The Labute approximate surface area is 151 Å². The van der Waals surface area contributed by atoms with Crippen LogP contribution in [0.2, 0.25) is 0 Å². The van der Waals surface area contributed by atoms with Crippen molar-refractivity contribution in [1.82, 2.24) is 5.32 Å². The Morgan fingerprint density at radius 1 is 1.04 bits per heavy atom. The van der Waals surface area contributed by atoms with Crippen molar-refractivity contribution in [3.8, 4) is 5.75 Å². The Kier molecular flexibility index (Phi) is 5.99. The van der Waals surface area contributed by atoms with Crippen molar-refractivity contribution in [3.63, 3.8) is 0 Å². The Hall–Kier alpha value is -2.87. The second-order valence-electron chi connectivity index (χ2n) is 5.51. The number of benzene rings is 2. The molecule has 2 rings (SSSR count). The Morgan fingerprint density at radius 3 is 2.23 bits per heavy atom. The van der Waals surface area contributed by atoms with E-state index in [9.17, 15) is 18.0 Å². The van der Waals surface area contributed by atoms with Crippen LogP contribution in [-0.2, 0) is 21.1 Å². The highest BCUT2D eigenvalue weighted by Gasteiger charge is 2.14. The maximum atomic E-state index is 12.2. The number of amides is 1. The number of methoxy groups -OCH3 is 2. The molecule has 8 heteroatoms. The fourth-order valence-corrected chi connectivity index (χ4v) is 2.90. The van der Waals surface area contributed by atoms with Gasteiger partial charge in [0, 0.05) is 18.4 Å². The van der Waals surface area contributed by atoms with Gasteiger partial charge in [-0.05, 0) is 42.0 Å². The highest BCUT2D eigenvalue weighted by Crippen LogP contribution is 2.21. The molecular weight excluding hydrogens is 358 g/mol. The van der Waals surface area contributed by atoms with E-state index in [0.29, 0.717) is 16.9 Å². The van der Waals surface area contributed by atoms with Gasteiger partial charge in [-0.15, -0.1) is 0 Å². The number of hydrogen-bond acceptors (Lipinski definition) is 6. The van der Waals surface area contributed by atoms with Gasteiger partial charge in [0.1, 0.15) is 11.3 Å². The largest absolute Gasteiger partial charge is 0.496 e. The highest BCUT2D eigenvalue weighted by atomic mass is 32.2. The molecule has 0 radical (unpaired) electrons. The van der Waals surface area contributed by atoms with Crippen molar-refractivity contribution in [1.29, 1.82) is 0 Å². The molecule has 1 N–H and O–H groups in total. The quantitative estimate of drug-likeness (QED) is 0.771. The molecule has 2 aromatic carbocycles. The van der Waals surface area contributed by atoms with Gasteiger partial charge in [0.2, 0.25) is 0 Å². The number of ether oxygens (including phenoxy) is 2. The van der Waals surface area contributed by atoms with E-state index in [1.807, 2.05) is 0 Å². The summed E-state index contributed by atoms with van der Waals surface area (Å²) in [7, 11) is -0.588.